The van der Waals surface area contributed by atoms with Crippen LogP contribution >= 0.6 is 0 Å². The fraction of sp³-hybridized carbons (Fsp3) is 0.0952. The molecule has 0 aliphatic rings. The zero-order valence-corrected chi connectivity index (χ0v) is 16.3. The molecule has 0 aliphatic carbocycles. The number of rotatable bonds is 4. The molecule has 0 radical (unpaired) electrons. The molecule has 3 aromatic heterocycles. The summed E-state index contributed by atoms with van der Waals surface area (Å²) >= 11 is 0. The van der Waals surface area contributed by atoms with Gasteiger partial charge in [-0.05, 0) is 19.1 Å². The molecular formula is C21H15N7O3. The van der Waals surface area contributed by atoms with Gasteiger partial charge in [-0.3, -0.25) is 19.5 Å². The molecule has 3 heterocycles. The third-order valence-corrected chi connectivity index (χ3v) is 5.01. The van der Waals surface area contributed by atoms with Crippen molar-refractivity contribution in [1.82, 2.24) is 29.3 Å². The normalized spacial score (nSPS) is 11.3. The molecule has 5 rings (SSSR count). The van der Waals surface area contributed by atoms with Crippen LogP contribution in [0.4, 0.5) is 5.69 Å². The van der Waals surface area contributed by atoms with Crippen LogP contribution in [0, 0.1) is 17.0 Å². The third-order valence-electron chi connectivity index (χ3n) is 5.01. The smallest absolute Gasteiger partial charge is 0.291 e. The molecular weight excluding hydrogens is 398 g/mol. The fourth-order valence-electron chi connectivity index (χ4n) is 3.55. The van der Waals surface area contributed by atoms with E-state index in [0.717, 1.165) is 16.6 Å². The van der Waals surface area contributed by atoms with Crippen molar-refractivity contribution in [2.75, 3.05) is 0 Å². The molecule has 5 aromatic rings. The summed E-state index contributed by atoms with van der Waals surface area (Å²) in [6, 6.07) is 13.8. The molecule has 0 bridgehead atoms. The first-order chi connectivity index (χ1) is 15.0. The second kappa shape index (κ2) is 7.10. The van der Waals surface area contributed by atoms with Gasteiger partial charge in [0.15, 0.2) is 5.65 Å². The summed E-state index contributed by atoms with van der Waals surface area (Å²) in [5.41, 5.74) is 1.65. The van der Waals surface area contributed by atoms with E-state index in [1.165, 1.54) is 27.8 Å². The summed E-state index contributed by atoms with van der Waals surface area (Å²) < 4.78 is 2.70. The number of para-hydroxylation sites is 3. The Kier molecular flexibility index (Phi) is 4.25. The van der Waals surface area contributed by atoms with Crippen molar-refractivity contribution in [2.24, 2.45) is 0 Å². The molecule has 0 saturated heterocycles. The van der Waals surface area contributed by atoms with Gasteiger partial charge in [0.05, 0.1) is 23.2 Å². The van der Waals surface area contributed by atoms with Crippen LogP contribution in [-0.2, 0) is 6.54 Å². The third kappa shape index (κ3) is 3.10. The number of nitro benzene ring substituents is 1. The summed E-state index contributed by atoms with van der Waals surface area (Å²) in [5.74, 6) is 0.491. The standard InChI is InChI=1S/C21H15N7O3/c1-13-14-6-2-3-7-16(14)25-19(24-13)11-26-12-22-20-15(21(26)29)10-23-27(20)17-8-4-5-9-18(17)28(30)31/h2-10,12H,11H2,1H3. The molecule has 0 amide bonds. The highest BCUT2D eigenvalue weighted by molar-refractivity contribution is 5.80. The van der Waals surface area contributed by atoms with Crippen molar-refractivity contribution in [3.8, 4) is 5.69 Å². The second-order valence-electron chi connectivity index (χ2n) is 6.96. The molecule has 0 saturated carbocycles. The number of hydrogen-bond donors (Lipinski definition) is 0. The summed E-state index contributed by atoms with van der Waals surface area (Å²) in [6.45, 7) is 2.04. The van der Waals surface area contributed by atoms with Gasteiger partial charge in [0.1, 0.15) is 23.2 Å². The van der Waals surface area contributed by atoms with Gasteiger partial charge in [-0.1, -0.05) is 30.3 Å². The number of hydrogen-bond acceptors (Lipinski definition) is 7. The monoisotopic (exact) mass is 413 g/mol. The average Bonchev–Trinajstić information content (AvgIpc) is 3.20. The first-order valence-corrected chi connectivity index (χ1v) is 9.42. The Bertz CT molecular complexity index is 1540. The van der Waals surface area contributed by atoms with E-state index < -0.39 is 4.92 Å². The minimum absolute atomic E-state index is 0.126. The van der Waals surface area contributed by atoms with Crippen LogP contribution in [0.3, 0.4) is 0 Å². The van der Waals surface area contributed by atoms with Crippen LogP contribution in [-0.4, -0.2) is 34.2 Å². The molecule has 0 fully saturated rings. The fourth-order valence-corrected chi connectivity index (χ4v) is 3.55. The highest BCUT2D eigenvalue weighted by Gasteiger charge is 2.19. The summed E-state index contributed by atoms with van der Waals surface area (Å²) in [5, 5.41) is 16.7. The Morgan fingerprint density at radius 2 is 1.81 bits per heavy atom. The van der Waals surface area contributed by atoms with Gasteiger partial charge in [0.2, 0.25) is 0 Å². The van der Waals surface area contributed by atoms with Gasteiger partial charge in [0, 0.05) is 17.1 Å². The molecule has 31 heavy (non-hydrogen) atoms. The topological polar surface area (TPSA) is 122 Å². The van der Waals surface area contributed by atoms with Gasteiger partial charge in [0.25, 0.3) is 11.2 Å². The minimum atomic E-state index is -0.497. The first kappa shape index (κ1) is 18.6. The molecule has 0 spiro atoms. The largest absolute Gasteiger partial charge is 0.294 e. The number of nitrogens with zero attached hydrogens (tertiary/aromatic N) is 7. The van der Waals surface area contributed by atoms with Crippen molar-refractivity contribution in [1.29, 1.82) is 0 Å². The molecule has 0 unspecified atom stereocenters. The van der Waals surface area contributed by atoms with E-state index in [4.69, 9.17) is 0 Å². The molecule has 152 valence electrons. The average molecular weight is 413 g/mol. The lowest BCUT2D eigenvalue weighted by atomic mass is 10.2. The highest BCUT2D eigenvalue weighted by atomic mass is 16.6. The minimum Gasteiger partial charge on any atom is -0.291 e. The van der Waals surface area contributed by atoms with E-state index >= 15 is 0 Å². The van der Waals surface area contributed by atoms with E-state index in [2.05, 4.69) is 20.1 Å². The summed E-state index contributed by atoms with van der Waals surface area (Å²) in [4.78, 5) is 37.3. The predicted molar refractivity (Wildman–Crippen MR) is 113 cm³/mol. The van der Waals surface area contributed by atoms with Crippen LogP contribution in [0.25, 0.3) is 27.6 Å². The van der Waals surface area contributed by atoms with Crippen molar-refractivity contribution in [3.05, 3.63) is 93.0 Å². The number of fused-ring (bicyclic) bond motifs is 2. The van der Waals surface area contributed by atoms with E-state index in [1.54, 1.807) is 18.2 Å². The maximum Gasteiger partial charge on any atom is 0.294 e. The van der Waals surface area contributed by atoms with E-state index in [0.29, 0.717) is 5.82 Å². The maximum atomic E-state index is 13.0. The summed E-state index contributed by atoms with van der Waals surface area (Å²) in [7, 11) is 0. The number of aryl methyl sites for hydroxylation is 1. The van der Waals surface area contributed by atoms with Crippen molar-refractivity contribution in [3.63, 3.8) is 0 Å². The van der Waals surface area contributed by atoms with Gasteiger partial charge in [-0.25, -0.2) is 19.6 Å². The Labute approximate surface area is 174 Å². The molecule has 0 aliphatic heterocycles. The lowest BCUT2D eigenvalue weighted by Crippen LogP contribution is -2.22. The summed E-state index contributed by atoms with van der Waals surface area (Å²) in [6.07, 6.45) is 2.75. The van der Waals surface area contributed by atoms with Crippen molar-refractivity contribution >= 4 is 27.6 Å². The van der Waals surface area contributed by atoms with Crippen LogP contribution in [0.1, 0.15) is 11.5 Å². The quantitative estimate of drug-likeness (QED) is 0.328. The van der Waals surface area contributed by atoms with Crippen molar-refractivity contribution in [2.45, 2.75) is 13.5 Å². The lowest BCUT2D eigenvalue weighted by Gasteiger charge is -2.08. The zero-order valence-electron chi connectivity index (χ0n) is 16.3. The van der Waals surface area contributed by atoms with Gasteiger partial charge in [-0.2, -0.15) is 5.10 Å². The van der Waals surface area contributed by atoms with Crippen LogP contribution < -0.4 is 5.56 Å². The maximum absolute atomic E-state index is 13.0. The SMILES string of the molecule is Cc1nc(Cn2cnc3c(cnn3-c3ccccc3[N+](=O)[O-])c2=O)nc2ccccc12. The Morgan fingerprint density at radius 3 is 2.65 bits per heavy atom. The number of benzene rings is 2. The van der Waals surface area contributed by atoms with E-state index in [-0.39, 0.29) is 34.5 Å². The lowest BCUT2D eigenvalue weighted by molar-refractivity contribution is -0.384. The Balaban J connectivity index is 1.59. The van der Waals surface area contributed by atoms with E-state index in [1.807, 2.05) is 31.2 Å². The molecule has 0 atom stereocenters. The predicted octanol–water partition coefficient (Wildman–Crippen LogP) is 2.79. The zero-order chi connectivity index (χ0) is 21.5. The number of nitro groups is 1. The van der Waals surface area contributed by atoms with Crippen LogP contribution in [0.2, 0.25) is 0 Å². The Hall–Kier alpha value is -4.47. The van der Waals surface area contributed by atoms with Crippen LogP contribution in [0.15, 0.2) is 65.8 Å². The molecule has 10 nitrogen and oxygen atoms in total. The van der Waals surface area contributed by atoms with Gasteiger partial charge < -0.3 is 0 Å². The molecule has 0 N–H and O–H groups in total. The highest BCUT2D eigenvalue weighted by Crippen LogP contribution is 2.24. The second-order valence-corrected chi connectivity index (χ2v) is 6.96. The van der Waals surface area contributed by atoms with Crippen molar-refractivity contribution < 1.29 is 4.92 Å². The first-order valence-electron chi connectivity index (χ1n) is 9.42. The molecule has 2 aromatic carbocycles. The molecule has 10 heteroatoms. The van der Waals surface area contributed by atoms with E-state index in [9.17, 15) is 14.9 Å². The van der Waals surface area contributed by atoms with Gasteiger partial charge in [-0.15, -0.1) is 0 Å². The van der Waals surface area contributed by atoms with Crippen LogP contribution in [0.5, 0.6) is 0 Å². The van der Waals surface area contributed by atoms with Gasteiger partial charge >= 0.3 is 0 Å². The Morgan fingerprint density at radius 1 is 1.03 bits per heavy atom. The number of aromatic nitrogens is 6.